The van der Waals surface area contributed by atoms with Gasteiger partial charge in [-0.3, -0.25) is 0 Å². The van der Waals surface area contributed by atoms with E-state index in [9.17, 15) is 0 Å². The molecule has 0 aromatic carbocycles. The molecule has 0 aliphatic heterocycles. The first kappa shape index (κ1) is 6.24. The molecule has 0 amide bonds. The van der Waals surface area contributed by atoms with E-state index in [2.05, 4.69) is 17.9 Å². The normalized spacial score (nSPS) is 7.57. The lowest BCUT2D eigenvalue weighted by molar-refractivity contribution is 0.237. The maximum Gasteiger partial charge on any atom is 0.121 e. The van der Waals surface area contributed by atoms with E-state index in [1.807, 2.05) is 0 Å². The predicted molar refractivity (Wildman–Crippen MR) is 27.5 cm³/mol. The van der Waals surface area contributed by atoms with Gasteiger partial charge >= 0.3 is 0 Å². The highest BCUT2D eigenvalue weighted by Crippen LogP contribution is 1.88. The van der Waals surface area contributed by atoms with Crippen molar-refractivity contribution in [3.63, 3.8) is 0 Å². The molecule has 0 atom stereocenters. The topological polar surface area (TPSA) is 29.5 Å². The molecule has 0 saturated heterocycles. The van der Waals surface area contributed by atoms with E-state index in [1.54, 1.807) is 0 Å². The Balaban J connectivity index is 3.17. The molecule has 0 bridgehead atoms. The largest absolute Gasteiger partial charge is 0.468 e. The Hall–Kier alpha value is -0.760. The highest BCUT2D eigenvalue weighted by atomic mass is 16.5. The van der Waals surface area contributed by atoms with Gasteiger partial charge in [-0.2, -0.15) is 0 Å². The molecule has 7 heavy (non-hydrogen) atoms. The van der Waals surface area contributed by atoms with Crippen LogP contribution in [-0.4, -0.2) is 11.7 Å². The van der Waals surface area contributed by atoms with E-state index in [4.69, 9.17) is 5.11 Å². The lowest BCUT2D eigenvalue weighted by Gasteiger charge is -1.95. The highest BCUT2D eigenvalue weighted by molar-refractivity contribution is 4.82. The first-order valence-corrected chi connectivity index (χ1v) is 1.87. The summed E-state index contributed by atoms with van der Waals surface area (Å²) in [6.45, 7) is 6.43. The molecule has 0 aliphatic carbocycles. The van der Waals surface area contributed by atoms with Crippen LogP contribution in [0, 0.1) is 0 Å². The van der Waals surface area contributed by atoms with E-state index >= 15 is 0 Å². The maximum atomic E-state index is 8.19. The summed E-state index contributed by atoms with van der Waals surface area (Å²) in [6.07, 6.45) is 1.22. The van der Waals surface area contributed by atoms with Crippen LogP contribution in [-0.2, 0) is 4.74 Å². The molecular formula is C5H8O2. The van der Waals surface area contributed by atoms with Crippen molar-refractivity contribution in [3.05, 3.63) is 25.2 Å². The molecule has 0 aromatic heterocycles. The van der Waals surface area contributed by atoms with Crippen LogP contribution in [0.2, 0.25) is 0 Å². The Kier molecular flexibility index (Phi) is 3.06. The van der Waals surface area contributed by atoms with Gasteiger partial charge in [-0.05, 0) is 0 Å². The van der Waals surface area contributed by atoms with Gasteiger partial charge in [0.2, 0.25) is 0 Å². The summed E-state index contributed by atoms with van der Waals surface area (Å²) in [4.78, 5) is 0. The third kappa shape index (κ3) is 3.06. The summed E-state index contributed by atoms with van der Waals surface area (Å²) in [6, 6.07) is 0. The van der Waals surface area contributed by atoms with Gasteiger partial charge in [-0.15, -0.1) is 0 Å². The first-order valence-electron chi connectivity index (χ1n) is 1.87. The summed E-state index contributed by atoms with van der Waals surface area (Å²) in [5.41, 5.74) is 0. The van der Waals surface area contributed by atoms with Crippen LogP contribution >= 0.6 is 0 Å². The molecule has 0 aliphatic rings. The zero-order valence-electron chi connectivity index (χ0n) is 4.05. The quantitative estimate of drug-likeness (QED) is 0.528. The molecule has 40 valence electrons. The second kappa shape index (κ2) is 3.43. The standard InChI is InChI=1S/C5H8O2/c1-3-7-5(2)4-6/h3,6H,1-2,4H2. The van der Waals surface area contributed by atoms with Crippen LogP contribution in [0.5, 0.6) is 0 Å². The van der Waals surface area contributed by atoms with Gasteiger partial charge < -0.3 is 9.84 Å². The molecule has 1 N–H and O–H groups in total. The van der Waals surface area contributed by atoms with Crippen molar-refractivity contribution in [1.29, 1.82) is 0 Å². The second-order valence-corrected chi connectivity index (χ2v) is 0.981. The Bertz CT molecular complexity index is 76.1. The van der Waals surface area contributed by atoms with Crippen LogP contribution in [0.4, 0.5) is 0 Å². The summed E-state index contributed by atoms with van der Waals surface area (Å²) in [7, 11) is 0. The van der Waals surface area contributed by atoms with Crippen molar-refractivity contribution in [2.45, 2.75) is 0 Å². The van der Waals surface area contributed by atoms with Crippen LogP contribution in [0.15, 0.2) is 25.2 Å². The fraction of sp³-hybridized carbons (Fsp3) is 0.200. The van der Waals surface area contributed by atoms with Crippen molar-refractivity contribution in [3.8, 4) is 0 Å². The Labute approximate surface area is 42.7 Å². The molecule has 2 nitrogen and oxygen atoms in total. The Morgan fingerprint density at radius 3 is 2.57 bits per heavy atom. The van der Waals surface area contributed by atoms with Gasteiger partial charge in [0.1, 0.15) is 12.4 Å². The van der Waals surface area contributed by atoms with Gasteiger partial charge in [0.15, 0.2) is 0 Å². The smallest absolute Gasteiger partial charge is 0.121 e. The van der Waals surface area contributed by atoms with Crippen molar-refractivity contribution in [2.75, 3.05) is 6.61 Å². The predicted octanol–water partition coefficient (Wildman–Crippen LogP) is 0.652. The number of ether oxygens (including phenoxy) is 1. The molecule has 0 spiro atoms. The first-order chi connectivity index (χ1) is 3.31. The molecule has 0 radical (unpaired) electrons. The Morgan fingerprint density at radius 1 is 1.86 bits per heavy atom. The minimum Gasteiger partial charge on any atom is -0.468 e. The van der Waals surface area contributed by atoms with Gasteiger partial charge in [0.05, 0.1) is 6.26 Å². The zero-order chi connectivity index (χ0) is 5.70. The number of aliphatic hydroxyl groups is 1. The van der Waals surface area contributed by atoms with Crippen LogP contribution in [0.1, 0.15) is 0 Å². The molecule has 0 heterocycles. The van der Waals surface area contributed by atoms with Crippen molar-refractivity contribution in [1.82, 2.24) is 0 Å². The van der Waals surface area contributed by atoms with Crippen molar-refractivity contribution < 1.29 is 9.84 Å². The lowest BCUT2D eigenvalue weighted by atomic mass is 10.6. The zero-order valence-corrected chi connectivity index (χ0v) is 4.05. The van der Waals surface area contributed by atoms with Gasteiger partial charge in [0.25, 0.3) is 0 Å². The lowest BCUT2D eigenvalue weighted by Crippen LogP contribution is -1.87. The third-order valence-electron chi connectivity index (χ3n) is 0.426. The van der Waals surface area contributed by atoms with E-state index in [1.165, 1.54) is 6.26 Å². The van der Waals surface area contributed by atoms with Crippen molar-refractivity contribution >= 4 is 0 Å². The van der Waals surface area contributed by atoms with E-state index < -0.39 is 0 Å². The van der Waals surface area contributed by atoms with E-state index in [0.29, 0.717) is 5.76 Å². The van der Waals surface area contributed by atoms with Crippen molar-refractivity contribution in [2.24, 2.45) is 0 Å². The van der Waals surface area contributed by atoms with Gasteiger partial charge in [-0.25, -0.2) is 0 Å². The molecule has 0 unspecified atom stereocenters. The SMILES string of the molecule is C=COC(=C)CO. The summed E-state index contributed by atoms with van der Waals surface area (Å²) in [5, 5.41) is 8.19. The number of aliphatic hydroxyl groups excluding tert-OH is 1. The van der Waals surface area contributed by atoms with Gasteiger partial charge in [0, 0.05) is 0 Å². The summed E-state index contributed by atoms with van der Waals surface area (Å²) >= 11 is 0. The number of rotatable bonds is 3. The van der Waals surface area contributed by atoms with E-state index in [0.717, 1.165) is 0 Å². The Morgan fingerprint density at radius 2 is 2.43 bits per heavy atom. The number of hydrogen-bond donors (Lipinski definition) is 1. The fourth-order valence-corrected chi connectivity index (χ4v) is 0.155. The minimum absolute atomic E-state index is 0.147. The minimum atomic E-state index is -0.147. The molecule has 0 fully saturated rings. The molecule has 0 rings (SSSR count). The summed E-state index contributed by atoms with van der Waals surface area (Å²) in [5.74, 6) is 0.315. The van der Waals surface area contributed by atoms with Crippen LogP contribution < -0.4 is 0 Å². The van der Waals surface area contributed by atoms with Crippen LogP contribution in [0.25, 0.3) is 0 Å². The molecule has 0 saturated carbocycles. The summed E-state index contributed by atoms with van der Waals surface area (Å²) < 4.78 is 4.51. The molecule has 2 heteroatoms. The maximum absolute atomic E-state index is 8.19. The van der Waals surface area contributed by atoms with E-state index in [-0.39, 0.29) is 6.61 Å². The molecular weight excluding hydrogens is 92.1 g/mol. The average Bonchev–Trinajstić information content (AvgIpc) is 1.68. The monoisotopic (exact) mass is 100 g/mol. The van der Waals surface area contributed by atoms with Crippen LogP contribution in [0.3, 0.4) is 0 Å². The number of hydrogen-bond acceptors (Lipinski definition) is 2. The highest BCUT2D eigenvalue weighted by Gasteiger charge is 1.81. The van der Waals surface area contributed by atoms with Gasteiger partial charge in [-0.1, -0.05) is 13.2 Å². The third-order valence-corrected chi connectivity index (χ3v) is 0.426. The average molecular weight is 100 g/mol. The molecule has 0 aromatic rings. The fourth-order valence-electron chi connectivity index (χ4n) is 0.155. The second-order valence-electron chi connectivity index (χ2n) is 0.981.